The van der Waals surface area contributed by atoms with Crippen molar-refractivity contribution in [2.24, 2.45) is 0 Å². The van der Waals surface area contributed by atoms with Crippen LogP contribution in [0, 0.1) is 0 Å². The lowest BCUT2D eigenvalue weighted by Crippen LogP contribution is -2.58. The van der Waals surface area contributed by atoms with E-state index in [-0.39, 0.29) is 0 Å². The second kappa shape index (κ2) is 4.04. The van der Waals surface area contributed by atoms with Crippen LogP contribution in [0.4, 0.5) is 0 Å². The summed E-state index contributed by atoms with van der Waals surface area (Å²) < 4.78 is 5.63. The lowest BCUT2D eigenvalue weighted by atomic mass is 9.93. The van der Waals surface area contributed by atoms with Crippen molar-refractivity contribution >= 4 is 0 Å². The summed E-state index contributed by atoms with van der Waals surface area (Å²) in [4.78, 5) is 2.78. The fraction of sp³-hybridized carbons (Fsp3) is 1.00. The van der Waals surface area contributed by atoms with Gasteiger partial charge in [-0.3, -0.25) is 4.90 Å². The second-order valence-electron chi connectivity index (χ2n) is 5.32. The van der Waals surface area contributed by atoms with Crippen LogP contribution >= 0.6 is 0 Å². The predicted octanol–water partition coefficient (Wildman–Crippen LogP) is 0.993. The maximum atomic E-state index is 5.63. The molecule has 0 aromatic rings. The van der Waals surface area contributed by atoms with Crippen LogP contribution < -0.4 is 5.32 Å². The third-order valence-electron chi connectivity index (χ3n) is 4.48. The number of nitrogens with zero attached hydrogens (tertiary/aromatic N) is 1. The van der Waals surface area contributed by atoms with Gasteiger partial charge in [-0.1, -0.05) is 12.8 Å². The van der Waals surface area contributed by atoms with E-state index in [1.54, 1.807) is 0 Å². The van der Waals surface area contributed by atoms with Crippen LogP contribution in [-0.2, 0) is 4.74 Å². The number of rotatable bonds is 0. The van der Waals surface area contributed by atoms with Crippen LogP contribution in [0.3, 0.4) is 0 Å². The zero-order valence-electron chi connectivity index (χ0n) is 9.50. The summed E-state index contributed by atoms with van der Waals surface area (Å²) >= 11 is 0. The van der Waals surface area contributed by atoms with Crippen LogP contribution in [0.1, 0.15) is 32.1 Å². The van der Waals surface area contributed by atoms with E-state index in [9.17, 15) is 0 Å². The standard InChI is InChI=1S/C12H22N2O/c1-2-5-12(4-1)10-13-6-3-11-9-15-8-7-14(11)12/h11,13H,1-10H2. The Morgan fingerprint density at radius 3 is 3.00 bits per heavy atom. The highest BCUT2D eigenvalue weighted by atomic mass is 16.5. The molecule has 2 heterocycles. The summed E-state index contributed by atoms with van der Waals surface area (Å²) in [5.74, 6) is 0. The molecule has 0 amide bonds. The van der Waals surface area contributed by atoms with Gasteiger partial charge in [-0.2, -0.15) is 0 Å². The summed E-state index contributed by atoms with van der Waals surface area (Å²) in [5.41, 5.74) is 0.491. The van der Waals surface area contributed by atoms with Gasteiger partial charge in [0.2, 0.25) is 0 Å². The smallest absolute Gasteiger partial charge is 0.0623 e. The third kappa shape index (κ3) is 1.71. The van der Waals surface area contributed by atoms with Crippen molar-refractivity contribution in [3.05, 3.63) is 0 Å². The Morgan fingerprint density at radius 2 is 2.13 bits per heavy atom. The van der Waals surface area contributed by atoms with Gasteiger partial charge < -0.3 is 10.1 Å². The van der Waals surface area contributed by atoms with Crippen molar-refractivity contribution in [3.63, 3.8) is 0 Å². The highest BCUT2D eigenvalue weighted by Gasteiger charge is 2.44. The van der Waals surface area contributed by atoms with E-state index in [1.165, 1.54) is 45.2 Å². The van der Waals surface area contributed by atoms with Crippen LogP contribution in [0.25, 0.3) is 0 Å². The Balaban J connectivity index is 1.84. The van der Waals surface area contributed by atoms with Crippen molar-refractivity contribution in [1.82, 2.24) is 10.2 Å². The molecule has 86 valence electrons. The van der Waals surface area contributed by atoms with Gasteiger partial charge in [-0.25, -0.2) is 0 Å². The van der Waals surface area contributed by atoms with Crippen molar-refractivity contribution in [2.45, 2.75) is 43.7 Å². The largest absolute Gasteiger partial charge is 0.378 e. The minimum Gasteiger partial charge on any atom is -0.378 e. The maximum Gasteiger partial charge on any atom is 0.0623 e. The molecule has 0 aromatic heterocycles. The molecule has 1 aliphatic carbocycles. The number of ether oxygens (including phenoxy) is 1. The molecule has 3 fully saturated rings. The molecule has 1 atom stereocenters. The van der Waals surface area contributed by atoms with E-state index < -0.39 is 0 Å². The zero-order chi connectivity index (χ0) is 10.1. The second-order valence-corrected chi connectivity index (χ2v) is 5.32. The van der Waals surface area contributed by atoms with Crippen LogP contribution in [0.5, 0.6) is 0 Å². The molecule has 0 aromatic carbocycles. The van der Waals surface area contributed by atoms with Gasteiger partial charge in [0, 0.05) is 24.7 Å². The van der Waals surface area contributed by atoms with Crippen LogP contribution in [0.2, 0.25) is 0 Å². The Hall–Kier alpha value is -0.120. The number of fused-ring (bicyclic) bond motifs is 2. The summed E-state index contributed by atoms with van der Waals surface area (Å²) in [6.45, 7) is 5.45. The average molecular weight is 210 g/mol. The molecular weight excluding hydrogens is 188 g/mol. The fourth-order valence-electron chi connectivity index (χ4n) is 3.71. The fourth-order valence-corrected chi connectivity index (χ4v) is 3.71. The van der Waals surface area contributed by atoms with E-state index >= 15 is 0 Å². The first-order valence-electron chi connectivity index (χ1n) is 6.46. The first-order valence-corrected chi connectivity index (χ1v) is 6.46. The predicted molar refractivity (Wildman–Crippen MR) is 60.0 cm³/mol. The molecule has 1 saturated carbocycles. The lowest BCUT2D eigenvalue weighted by Gasteiger charge is -2.46. The van der Waals surface area contributed by atoms with Crippen molar-refractivity contribution < 1.29 is 4.74 Å². The van der Waals surface area contributed by atoms with Crippen molar-refractivity contribution in [3.8, 4) is 0 Å². The topological polar surface area (TPSA) is 24.5 Å². The molecule has 1 unspecified atom stereocenters. The van der Waals surface area contributed by atoms with Crippen LogP contribution in [-0.4, -0.2) is 49.3 Å². The number of nitrogens with one attached hydrogen (secondary N) is 1. The molecule has 1 spiro atoms. The SMILES string of the molecule is C1CCC2(C1)CNCCC1COCCN12. The molecule has 3 aliphatic rings. The molecule has 0 bridgehead atoms. The van der Waals surface area contributed by atoms with Gasteiger partial charge in [0.15, 0.2) is 0 Å². The summed E-state index contributed by atoms with van der Waals surface area (Å²) in [5, 5.41) is 3.64. The Kier molecular flexibility index (Phi) is 2.71. The quantitative estimate of drug-likeness (QED) is 0.645. The molecule has 3 nitrogen and oxygen atoms in total. The van der Waals surface area contributed by atoms with E-state index in [4.69, 9.17) is 4.74 Å². The van der Waals surface area contributed by atoms with E-state index in [2.05, 4.69) is 10.2 Å². The molecule has 2 aliphatic heterocycles. The molecule has 2 saturated heterocycles. The summed E-state index contributed by atoms with van der Waals surface area (Å²) in [6.07, 6.45) is 6.91. The van der Waals surface area contributed by atoms with Gasteiger partial charge in [0.25, 0.3) is 0 Å². The lowest BCUT2D eigenvalue weighted by molar-refractivity contribution is -0.0572. The van der Waals surface area contributed by atoms with Gasteiger partial charge in [-0.05, 0) is 25.8 Å². The van der Waals surface area contributed by atoms with Gasteiger partial charge in [0.05, 0.1) is 13.2 Å². The Bertz CT molecular complexity index is 226. The van der Waals surface area contributed by atoms with E-state index in [1.807, 2.05) is 0 Å². The third-order valence-corrected chi connectivity index (χ3v) is 4.48. The number of hydrogen-bond donors (Lipinski definition) is 1. The number of morpholine rings is 1. The summed E-state index contributed by atoms with van der Waals surface area (Å²) in [6, 6.07) is 0.687. The van der Waals surface area contributed by atoms with Crippen LogP contribution in [0.15, 0.2) is 0 Å². The molecule has 3 heteroatoms. The van der Waals surface area contributed by atoms with E-state index in [0.29, 0.717) is 11.6 Å². The highest BCUT2D eigenvalue weighted by Crippen LogP contribution is 2.38. The summed E-state index contributed by atoms with van der Waals surface area (Å²) in [7, 11) is 0. The maximum absolute atomic E-state index is 5.63. The Morgan fingerprint density at radius 1 is 1.27 bits per heavy atom. The molecule has 15 heavy (non-hydrogen) atoms. The minimum atomic E-state index is 0.491. The number of hydrogen-bond acceptors (Lipinski definition) is 3. The van der Waals surface area contributed by atoms with Gasteiger partial charge in [-0.15, -0.1) is 0 Å². The van der Waals surface area contributed by atoms with E-state index in [0.717, 1.165) is 19.8 Å². The molecule has 0 radical (unpaired) electrons. The monoisotopic (exact) mass is 210 g/mol. The van der Waals surface area contributed by atoms with Gasteiger partial charge >= 0.3 is 0 Å². The minimum absolute atomic E-state index is 0.491. The van der Waals surface area contributed by atoms with Crippen molar-refractivity contribution in [2.75, 3.05) is 32.8 Å². The molecule has 3 rings (SSSR count). The molecule has 1 N–H and O–H groups in total. The van der Waals surface area contributed by atoms with Gasteiger partial charge in [0.1, 0.15) is 0 Å². The van der Waals surface area contributed by atoms with Crippen molar-refractivity contribution in [1.29, 1.82) is 0 Å². The normalized spacial score (nSPS) is 36.4. The average Bonchev–Trinajstić information content (AvgIpc) is 2.66. The molecular formula is C12H22N2O. The first kappa shape index (κ1) is 10.1. The highest BCUT2D eigenvalue weighted by molar-refractivity contribution is 5.01. The zero-order valence-corrected chi connectivity index (χ0v) is 9.50. The Labute approximate surface area is 92.2 Å². The first-order chi connectivity index (χ1) is 7.41.